The second-order valence-corrected chi connectivity index (χ2v) is 7.66. The molecule has 1 heterocycles. The first kappa shape index (κ1) is 20.5. The average molecular weight is 411 g/mol. The van der Waals surface area contributed by atoms with E-state index in [-0.39, 0.29) is 11.3 Å². The molecule has 0 radical (unpaired) electrons. The molecule has 1 amide bonds. The monoisotopic (exact) mass is 411 g/mol. The van der Waals surface area contributed by atoms with Gasteiger partial charge in [0.05, 0.1) is 9.82 Å². The van der Waals surface area contributed by atoms with Crippen LogP contribution in [0.25, 0.3) is 0 Å². The summed E-state index contributed by atoms with van der Waals surface area (Å²) in [6.45, 7) is 4.27. The molecule has 29 heavy (non-hydrogen) atoms. The number of amides is 1. The molecule has 1 aromatic heterocycles. The third-order valence-corrected chi connectivity index (χ3v) is 5.76. The predicted molar refractivity (Wildman–Crippen MR) is 111 cm³/mol. The van der Waals surface area contributed by atoms with E-state index in [9.17, 15) is 14.9 Å². The van der Waals surface area contributed by atoms with E-state index in [0.29, 0.717) is 21.7 Å². The van der Waals surface area contributed by atoms with E-state index in [1.807, 2.05) is 24.3 Å². The van der Waals surface area contributed by atoms with E-state index >= 15 is 0 Å². The number of nitrogens with zero attached hydrogens (tertiary/aromatic N) is 4. The van der Waals surface area contributed by atoms with Gasteiger partial charge in [-0.2, -0.15) is 0 Å². The minimum absolute atomic E-state index is 0.155. The van der Waals surface area contributed by atoms with Gasteiger partial charge in [-0.3, -0.25) is 14.9 Å². The number of carbonyl (C=O) groups is 1. The molecule has 150 valence electrons. The van der Waals surface area contributed by atoms with E-state index in [0.717, 1.165) is 18.2 Å². The smallest absolute Gasteiger partial charge is 0.284 e. The molecule has 3 rings (SSSR count). The molecule has 8 nitrogen and oxygen atoms in total. The minimum Gasteiger partial charge on any atom is -0.322 e. The van der Waals surface area contributed by atoms with Crippen molar-refractivity contribution in [2.75, 3.05) is 5.32 Å². The summed E-state index contributed by atoms with van der Waals surface area (Å²) in [7, 11) is 1.75. The Morgan fingerprint density at radius 3 is 2.59 bits per heavy atom. The second kappa shape index (κ2) is 8.87. The predicted octanol–water partition coefficient (Wildman–Crippen LogP) is 4.64. The van der Waals surface area contributed by atoms with Crippen LogP contribution in [0.15, 0.2) is 58.8 Å². The van der Waals surface area contributed by atoms with Crippen LogP contribution in [-0.4, -0.2) is 25.6 Å². The van der Waals surface area contributed by atoms with Gasteiger partial charge in [0.1, 0.15) is 6.33 Å². The highest BCUT2D eigenvalue weighted by molar-refractivity contribution is 7.99. The summed E-state index contributed by atoms with van der Waals surface area (Å²) in [5.74, 6) is 0.0426. The largest absolute Gasteiger partial charge is 0.322 e. The van der Waals surface area contributed by atoms with Crippen LogP contribution < -0.4 is 5.32 Å². The molecular formula is C20H21N5O3S. The Morgan fingerprint density at radius 2 is 2.00 bits per heavy atom. The molecule has 9 heteroatoms. The molecule has 0 spiro atoms. The van der Waals surface area contributed by atoms with Crippen LogP contribution in [0.2, 0.25) is 0 Å². The van der Waals surface area contributed by atoms with Gasteiger partial charge in [0.15, 0.2) is 5.16 Å². The average Bonchev–Trinajstić information content (AvgIpc) is 3.12. The van der Waals surface area contributed by atoms with Crippen molar-refractivity contribution in [1.29, 1.82) is 0 Å². The van der Waals surface area contributed by atoms with Crippen molar-refractivity contribution in [1.82, 2.24) is 14.8 Å². The number of benzene rings is 2. The maximum absolute atomic E-state index is 12.6. The molecule has 0 aliphatic heterocycles. The van der Waals surface area contributed by atoms with Crippen LogP contribution in [0.5, 0.6) is 0 Å². The van der Waals surface area contributed by atoms with Crippen LogP contribution in [0.3, 0.4) is 0 Å². The summed E-state index contributed by atoms with van der Waals surface area (Å²) >= 11 is 1.12. The van der Waals surface area contributed by atoms with Crippen molar-refractivity contribution in [2.24, 2.45) is 7.05 Å². The van der Waals surface area contributed by atoms with E-state index in [2.05, 4.69) is 29.4 Å². The molecule has 2 aromatic carbocycles. The summed E-state index contributed by atoms with van der Waals surface area (Å²) in [5, 5.41) is 22.5. The number of nitro benzene ring substituents is 1. The first-order valence-electron chi connectivity index (χ1n) is 9.10. The van der Waals surface area contributed by atoms with Gasteiger partial charge < -0.3 is 9.88 Å². The van der Waals surface area contributed by atoms with Gasteiger partial charge in [-0.25, -0.2) is 0 Å². The van der Waals surface area contributed by atoms with Gasteiger partial charge in [0, 0.05) is 24.4 Å². The number of carbonyl (C=O) groups excluding carboxylic acids is 1. The number of anilines is 1. The highest BCUT2D eigenvalue weighted by Gasteiger charge is 2.20. The van der Waals surface area contributed by atoms with E-state index in [1.54, 1.807) is 23.7 Å². The summed E-state index contributed by atoms with van der Waals surface area (Å²) in [6, 6.07) is 12.0. The lowest BCUT2D eigenvalue weighted by Crippen LogP contribution is -2.12. The van der Waals surface area contributed by atoms with E-state index in [4.69, 9.17) is 0 Å². The summed E-state index contributed by atoms with van der Waals surface area (Å²) < 4.78 is 1.66. The quantitative estimate of drug-likeness (QED) is 0.449. The Balaban J connectivity index is 1.79. The Bertz CT molecular complexity index is 1030. The van der Waals surface area contributed by atoms with Gasteiger partial charge in [0.25, 0.3) is 11.6 Å². The van der Waals surface area contributed by atoms with Gasteiger partial charge in [0.2, 0.25) is 0 Å². The maximum atomic E-state index is 12.6. The Hall–Kier alpha value is -3.20. The second-order valence-electron chi connectivity index (χ2n) is 6.65. The van der Waals surface area contributed by atoms with Crippen LogP contribution >= 0.6 is 11.8 Å². The third kappa shape index (κ3) is 4.80. The van der Waals surface area contributed by atoms with Crippen molar-refractivity contribution >= 4 is 29.0 Å². The van der Waals surface area contributed by atoms with E-state index in [1.165, 1.54) is 18.0 Å². The zero-order valence-corrected chi connectivity index (χ0v) is 17.1. The number of hydrogen-bond donors (Lipinski definition) is 1. The first-order valence-corrected chi connectivity index (χ1v) is 9.92. The summed E-state index contributed by atoms with van der Waals surface area (Å²) in [4.78, 5) is 24.0. The zero-order valence-electron chi connectivity index (χ0n) is 16.3. The van der Waals surface area contributed by atoms with Gasteiger partial charge in [-0.1, -0.05) is 26.0 Å². The number of hydrogen-bond acceptors (Lipinski definition) is 6. The van der Waals surface area contributed by atoms with Crippen molar-refractivity contribution in [3.63, 3.8) is 0 Å². The minimum atomic E-state index is -0.504. The number of aromatic nitrogens is 3. The lowest BCUT2D eigenvalue weighted by atomic mass is 9.98. The topological polar surface area (TPSA) is 103 Å². The van der Waals surface area contributed by atoms with Crippen molar-refractivity contribution < 1.29 is 9.72 Å². The Morgan fingerprint density at radius 1 is 1.28 bits per heavy atom. The first-order chi connectivity index (χ1) is 13.9. The molecule has 0 unspecified atom stereocenters. The van der Waals surface area contributed by atoms with Crippen molar-refractivity contribution in [2.45, 2.75) is 36.2 Å². The summed E-state index contributed by atoms with van der Waals surface area (Å²) in [6.07, 6.45) is 2.55. The van der Waals surface area contributed by atoms with Crippen molar-refractivity contribution in [3.8, 4) is 0 Å². The standard InChI is InChI=1S/C20H21N5O3S/c1-4-13(2)14-5-8-16(9-6-14)22-19(26)15-7-10-18(17(11-15)25(27)28)29-20-23-21-12-24(20)3/h5-13H,4H2,1-3H3,(H,22,26)/t13-/m1/s1. The van der Waals surface area contributed by atoms with Gasteiger partial charge >= 0.3 is 0 Å². The molecule has 1 N–H and O–H groups in total. The van der Waals surface area contributed by atoms with Crippen molar-refractivity contribution in [3.05, 3.63) is 70.0 Å². The molecule has 0 fully saturated rings. The van der Waals surface area contributed by atoms with Crippen LogP contribution in [0, 0.1) is 10.1 Å². The van der Waals surface area contributed by atoms with E-state index < -0.39 is 10.8 Å². The zero-order chi connectivity index (χ0) is 21.0. The Kier molecular flexibility index (Phi) is 6.28. The van der Waals surface area contributed by atoms with Gasteiger partial charge in [-0.15, -0.1) is 10.2 Å². The van der Waals surface area contributed by atoms with Crippen LogP contribution in [0.1, 0.15) is 42.1 Å². The number of nitro groups is 1. The highest BCUT2D eigenvalue weighted by atomic mass is 32.2. The molecule has 0 aliphatic rings. The Labute approximate surface area is 172 Å². The molecular weight excluding hydrogens is 390 g/mol. The van der Waals surface area contributed by atoms with Gasteiger partial charge in [-0.05, 0) is 53.9 Å². The SMILES string of the molecule is CC[C@@H](C)c1ccc(NC(=O)c2ccc(Sc3nncn3C)c([N+](=O)[O-])c2)cc1. The van der Waals surface area contributed by atoms with Crippen LogP contribution in [-0.2, 0) is 7.05 Å². The fourth-order valence-corrected chi connectivity index (χ4v) is 3.53. The fraction of sp³-hybridized carbons (Fsp3) is 0.250. The molecule has 1 atom stereocenters. The molecule has 0 saturated carbocycles. The number of aryl methyl sites for hydroxylation is 1. The molecule has 0 saturated heterocycles. The maximum Gasteiger partial charge on any atom is 0.284 e. The highest BCUT2D eigenvalue weighted by Crippen LogP contribution is 2.34. The normalized spacial score (nSPS) is 11.8. The number of rotatable bonds is 7. The number of nitrogens with one attached hydrogen (secondary N) is 1. The summed E-state index contributed by atoms with van der Waals surface area (Å²) in [5.41, 5.74) is 1.90. The molecule has 0 aliphatic carbocycles. The lowest BCUT2D eigenvalue weighted by Gasteiger charge is -2.11. The fourth-order valence-electron chi connectivity index (χ4n) is 2.68. The molecule has 3 aromatic rings. The lowest BCUT2D eigenvalue weighted by molar-refractivity contribution is -0.387. The third-order valence-electron chi connectivity index (χ3n) is 4.64. The van der Waals surface area contributed by atoms with Crippen LogP contribution in [0.4, 0.5) is 11.4 Å². The molecule has 0 bridgehead atoms.